The fourth-order valence-electron chi connectivity index (χ4n) is 4.57. The monoisotopic (exact) mass is 549 g/mol. The SMILES string of the molecule is Cc1nn(-c2ccccc2)c2sc(C(=O)O[C@@H](C)C(=O)c3cc(C)n(-c4ccc(OC(F)F)cc4)c3C)cc12. The van der Waals surface area contributed by atoms with Crippen LogP contribution in [0.15, 0.2) is 66.7 Å². The highest BCUT2D eigenvalue weighted by atomic mass is 32.1. The molecule has 0 aliphatic rings. The van der Waals surface area contributed by atoms with Crippen LogP contribution in [0.25, 0.3) is 21.6 Å². The van der Waals surface area contributed by atoms with Crippen molar-refractivity contribution in [2.75, 3.05) is 0 Å². The van der Waals surface area contributed by atoms with E-state index < -0.39 is 18.7 Å². The lowest BCUT2D eigenvalue weighted by atomic mass is 10.1. The summed E-state index contributed by atoms with van der Waals surface area (Å²) < 4.78 is 38.6. The number of carbonyl (C=O) groups is 2. The first-order chi connectivity index (χ1) is 18.6. The van der Waals surface area contributed by atoms with Gasteiger partial charge in [-0.3, -0.25) is 4.79 Å². The van der Waals surface area contributed by atoms with Crippen LogP contribution in [0, 0.1) is 20.8 Å². The highest BCUT2D eigenvalue weighted by molar-refractivity contribution is 7.20. The molecule has 7 nitrogen and oxygen atoms in total. The molecule has 0 aliphatic heterocycles. The Hall–Kier alpha value is -4.31. The molecule has 0 radical (unpaired) electrons. The molecular formula is C29H25F2N3O4S. The molecule has 0 fully saturated rings. The summed E-state index contributed by atoms with van der Waals surface area (Å²) in [5.74, 6) is -0.881. The summed E-state index contributed by atoms with van der Waals surface area (Å²) in [4.78, 5) is 27.6. The van der Waals surface area contributed by atoms with E-state index in [9.17, 15) is 18.4 Å². The molecule has 1 atom stereocenters. The summed E-state index contributed by atoms with van der Waals surface area (Å²) in [7, 11) is 0. The fourth-order valence-corrected chi connectivity index (χ4v) is 5.64. The van der Waals surface area contributed by atoms with Crippen LogP contribution in [0.5, 0.6) is 5.75 Å². The number of halogens is 2. The Morgan fingerprint density at radius 2 is 1.64 bits per heavy atom. The zero-order chi connectivity index (χ0) is 27.8. The molecule has 5 rings (SSSR count). The molecular weight excluding hydrogens is 524 g/mol. The lowest BCUT2D eigenvalue weighted by molar-refractivity contribution is -0.0498. The first kappa shape index (κ1) is 26.3. The Morgan fingerprint density at radius 3 is 2.31 bits per heavy atom. The molecule has 0 aliphatic carbocycles. The van der Waals surface area contributed by atoms with Crippen molar-refractivity contribution in [3.05, 3.63) is 94.3 Å². The molecule has 39 heavy (non-hydrogen) atoms. The van der Waals surface area contributed by atoms with Gasteiger partial charge in [0.05, 0.1) is 11.4 Å². The quantitative estimate of drug-likeness (QED) is 0.157. The van der Waals surface area contributed by atoms with Gasteiger partial charge in [0, 0.05) is 28.0 Å². The maximum atomic E-state index is 13.3. The van der Waals surface area contributed by atoms with Gasteiger partial charge in [0.2, 0.25) is 5.78 Å². The van der Waals surface area contributed by atoms with E-state index in [-0.39, 0.29) is 11.5 Å². The number of fused-ring (bicyclic) bond motifs is 1. The minimum atomic E-state index is -2.91. The average molecular weight is 550 g/mol. The summed E-state index contributed by atoms with van der Waals surface area (Å²) in [5.41, 5.74) is 4.17. The van der Waals surface area contributed by atoms with Gasteiger partial charge >= 0.3 is 12.6 Å². The number of nitrogens with zero attached hydrogens (tertiary/aromatic N) is 3. The summed E-state index contributed by atoms with van der Waals surface area (Å²) >= 11 is 1.26. The van der Waals surface area contributed by atoms with E-state index in [0.29, 0.717) is 21.8 Å². The summed E-state index contributed by atoms with van der Waals surface area (Å²) in [6.45, 7) is 4.13. The number of esters is 1. The van der Waals surface area contributed by atoms with Crippen molar-refractivity contribution in [2.24, 2.45) is 0 Å². The van der Waals surface area contributed by atoms with Crippen LogP contribution in [-0.4, -0.2) is 38.8 Å². The normalized spacial score (nSPS) is 12.2. The number of ether oxygens (including phenoxy) is 2. The van der Waals surface area contributed by atoms with Gasteiger partial charge in [0.1, 0.15) is 15.5 Å². The number of aromatic nitrogens is 3. The van der Waals surface area contributed by atoms with Crippen LogP contribution in [0.3, 0.4) is 0 Å². The molecule has 0 amide bonds. The lowest BCUT2D eigenvalue weighted by Crippen LogP contribution is -2.24. The van der Waals surface area contributed by atoms with E-state index in [2.05, 4.69) is 9.84 Å². The van der Waals surface area contributed by atoms with E-state index in [0.717, 1.165) is 27.3 Å². The number of para-hydroxylation sites is 1. The summed E-state index contributed by atoms with van der Waals surface area (Å²) in [5, 5.41) is 5.44. The van der Waals surface area contributed by atoms with Crippen molar-refractivity contribution < 1.29 is 27.8 Å². The summed E-state index contributed by atoms with van der Waals surface area (Å²) in [6, 6.07) is 19.3. The topological polar surface area (TPSA) is 75.4 Å². The van der Waals surface area contributed by atoms with Crippen LogP contribution in [0.2, 0.25) is 0 Å². The smallest absolute Gasteiger partial charge is 0.387 e. The minimum Gasteiger partial charge on any atom is -0.450 e. The molecule has 0 saturated carbocycles. The first-order valence-electron chi connectivity index (χ1n) is 12.2. The number of ketones is 1. The molecule has 3 heterocycles. The Morgan fingerprint density at radius 1 is 0.949 bits per heavy atom. The molecule has 0 spiro atoms. The predicted octanol–water partition coefficient (Wildman–Crippen LogP) is 6.83. The van der Waals surface area contributed by atoms with Crippen LogP contribution < -0.4 is 4.74 Å². The average Bonchev–Trinajstić information content (AvgIpc) is 3.57. The third-order valence-electron chi connectivity index (χ3n) is 6.42. The third kappa shape index (κ3) is 5.07. The van der Waals surface area contributed by atoms with Gasteiger partial charge in [-0.15, -0.1) is 11.3 Å². The standard InChI is InChI=1S/C29H25F2N3O4S/c1-16-14-24(18(3)33(16)20-10-12-22(13-11-20)38-29(30)31)26(35)19(4)37-28(36)25-15-23-17(2)32-34(27(23)39-25)21-8-6-5-7-9-21/h5-15,19,29H,1-4H3/t19-/m0/s1. The molecule has 0 N–H and O–H groups in total. The maximum Gasteiger partial charge on any atom is 0.387 e. The Kier molecular flexibility index (Phi) is 7.05. The van der Waals surface area contributed by atoms with Crippen LogP contribution in [0.4, 0.5) is 8.78 Å². The van der Waals surface area contributed by atoms with E-state index in [4.69, 9.17) is 4.74 Å². The van der Waals surface area contributed by atoms with Crippen LogP contribution >= 0.6 is 11.3 Å². The number of alkyl halides is 2. The molecule has 0 unspecified atom stereocenters. The number of hydrogen-bond acceptors (Lipinski definition) is 6. The Balaban J connectivity index is 1.35. The Labute approximate surface area is 227 Å². The van der Waals surface area contributed by atoms with E-state index in [1.807, 2.05) is 48.7 Å². The van der Waals surface area contributed by atoms with Crippen molar-refractivity contribution in [2.45, 2.75) is 40.4 Å². The number of carbonyl (C=O) groups excluding carboxylic acids is 2. The lowest BCUT2D eigenvalue weighted by Gasteiger charge is -2.13. The third-order valence-corrected chi connectivity index (χ3v) is 7.51. The minimum absolute atomic E-state index is 0.0426. The van der Waals surface area contributed by atoms with E-state index in [1.165, 1.54) is 23.5 Å². The second kappa shape index (κ2) is 10.5. The van der Waals surface area contributed by atoms with Crippen molar-refractivity contribution in [3.63, 3.8) is 0 Å². The molecule has 0 bridgehead atoms. The van der Waals surface area contributed by atoms with Gasteiger partial charge in [0.25, 0.3) is 0 Å². The molecule has 200 valence electrons. The molecule has 0 saturated heterocycles. The predicted molar refractivity (Wildman–Crippen MR) is 145 cm³/mol. The van der Waals surface area contributed by atoms with Gasteiger partial charge < -0.3 is 14.0 Å². The maximum absolute atomic E-state index is 13.3. The van der Waals surface area contributed by atoms with Crippen molar-refractivity contribution in [1.29, 1.82) is 0 Å². The number of rotatable bonds is 8. The van der Waals surface area contributed by atoms with Gasteiger partial charge in [-0.2, -0.15) is 13.9 Å². The van der Waals surface area contributed by atoms with E-state index in [1.54, 1.807) is 42.8 Å². The highest BCUT2D eigenvalue weighted by Crippen LogP contribution is 2.31. The van der Waals surface area contributed by atoms with Crippen molar-refractivity contribution >= 4 is 33.3 Å². The van der Waals surface area contributed by atoms with Crippen molar-refractivity contribution in [1.82, 2.24) is 14.3 Å². The number of benzene rings is 2. The fraction of sp³-hybridized carbons (Fsp3) is 0.207. The van der Waals surface area contributed by atoms with Crippen molar-refractivity contribution in [3.8, 4) is 17.1 Å². The van der Waals surface area contributed by atoms with Gasteiger partial charge in [0.15, 0.2) is 6.10 Å². The van der Waals surface area contributed by atoms with Gasteiger partial charge in [-0.05, 0) is 76.2 Å². The molecule has 10 heteroatoms. The summed E-state index contributed by atoms with van der Waals surface area (Å²) in [6.07, 6.45) is -1.02. The molecule has 5 aromatic rings. The van der Waals surface area contributed by atoms with Crippen LogP contribution in [0.1, 0.15) is 44.0 Å². The number of aryl methyl sites for hydroxylation is 2. The van der Waals surface area contributed by atoms with Gasteiger partial charge in [-0.1, -0.05) is 18.2 Å². The van der Waals surface area contributed by atoms with Crippen LogP contribution in [-0.2, 0) is 4.74 Å². The molecule has 2 aromatic carbocycles. The highest BCUT2D eigenvalue weighted by Gasteiger charge is 2.26. The number of Topliss-reactive ketones (excluding diaryl/α,β-unsaturated/α-hetero) is 1. The number of hydrogen-bond donors (Lipinski definition) is 0. The first-order valence-corrected chi connectivity index (χ1v) is 13.0. The Bertz CT molecular complexity index is 1670. The second-order valence-corrected chi connectivity index (χ2v) is 10.1. The zero-order valence-electron chi connectivity index (χ0n) is 21.6. The largest absolute Gasteiger partial charge is 0.450 e. The second-order valence-electron chi connectivity index (χ2n) is 9.07. The van der Waals surface area contributed by atoms with E-state index >= 15 is 0 Å². The van der Waals surface area contributed by atoms with Gasteiger partial charge in [-0.25, -0.2) is 9.48 Å². The number of thiophene rings is 1. The molecule has 3 aromatic heterocycles. The zero-order valence-corrected chi connectivity index (χ0v) is 22.5.